The van der Waals surface area contributed by atoms with Crippen molar-refractivity contribution in [2.24, 2.45) is 11.7 Å². The molecule has 0 radical (unpaired) electrons. The van der Waals surface area contributed by atoms with Crippen LogP contribution in [0.15, 0.2) is 18.2 Å². The van der Waals surface area contributed by atoms with Gasteiger partial charge in [0.25, 0.3) is 5.91 Å². The van der Waals surface area contributed by atoms with Crippen LogP contribution in [0, 0.1) is 18.7 Å². The number of carbonyl (C=O) groups excluding carboxylic acids is 1. The summed E-state index contributed by atoms with van der Waals surface area (Å²) in [6.07, 6.45) is 1.81. The molecular weight excluding hydrogens is 333 g/mol. The second kappa shape index (κ2) is 6.86. The van der Waals surface area contributed by atoms with Crippen LogP contribution in [0.25, 0.3) is 5.69 Å². The van der Waals surface area contributed by atoms with Gasteiger partial charge in [-0.3, -0.25) is 4.79 Å². The van der Waals surface area contributed by atoms with Gasteiger partial charge in [-0.1, -0.05) is 16.8 Å². The largest absolute Gasteiger partial charge is 0.337 e. The number of benzene rings is 1. The van der Waals surface area contributed by atoms with Gasteiger partial charge < -0.3 is 10.6 Å². The van der Waals surface area contributed by atoms with Gasteiger partial charge in [-0.15, -0.1) is 5.10 Å². The third-order valence-electron chi connectivity index (χ3n) is 4.48. The zero-order chi connectivity index (χ0) is 17.3. The third kappa shape index (κ3) is 3.14. The summed E-state index contributed by atoms with van der Waals surface area (Å²) in [6.45, 7) is 3.77. The van der Waals surface area contributed by atoms with Gasteiger partial charge in [-0.2, -0.15) is 0 Å². The van der Waals surface area contributed by atoms with E-state index in [0.717, 1.165) is 12.8 Å². The first-order chi connectivity index (χ1) is 11.5. The summed E-state index contributed by atoms with van der Waals surface area (Å²) < 4.78 is 14.8. The van der Waals surface area contributed by atoms with Crippen LogP contribution in [0.2, 0.25) is 5.02 Å². The summed E-state index contributed by atoms with van der Waals surface area (Å²) in [5.74, 6) is -0.160. The lowest BCUT2D eigenvalue weighted by atomic mass is 9.97. The molecule has 1 aliphatic rings. The van der Waals surface area contributed by atoms with Crippen molar-refractivity contribution in [1.82, 2.24) is 19.9 Å². The van der Waals surface area contributed by atoms with Gasteiger partial charge in [0.1, 0.15) is 5.82 Å². The minimum atomic E-state index is -0.503. The van der Waals surface area contributed by atoms with Gasteiger partial charge in [0.2, 0.25) is 0 Å². The van der Waals surface area contributed by atoms with E-state index in [1.54, 1.807) is 17.9 Å². The number of aromatic nitrogens is 3. The Labute approximate surface area is 144 Å². The topological polar surface area (TPSA) is 77.0 Å². The number of rotatable bonds is 3. The molecule has 24 heavy (non-hydrogen) atoms. The highest BCUT2D eigenvalue weighted by atomic mass is 35.5. The van der Waals surface area contributed by atoms with Crippen molar-refractivity contribution in [3.63, 3.8) is 0 Å². The van der Waals surface area contributed by atoms with E-state index in [-0.39, 0.29) is 10.9 Å². The predicted molar refractivity (Wildman–Crippen MR) is 88.7 cm³/mol. The molecule has 1 fully saturated rings. The highest BCUT2D eigenvalue weighted by molar-refractivity contribution is 6.30. The van der Waals surface area contributed by atoms with Crippen LogP contribution in [0.3, 0.4) is 0 Å². The molecule has 2 heterocycles. The molecule has 6 nitrogen and oxygen atoms in total. The molecule has 1 aromatic heterocycles. The monoisotopic (exact) mass is 351 g/mol. The first-order valence-electron chi connectivity index (χ1n) is 7.88. The van der Waals surface area contributed by atoms with Crippen LogP contribution in [0.4, 0.5) is 4.39 Å². The van der Waals surface area contributed by atoms with E-state index in [2.05, 4.69) is 10.3 Å². The van der Waals surface area contributed by atoms with Crippen molar-refractivity contribution >= 4 is 17.5 Å². The van der Waals surface area contributed by atoms with Crippen molar-refractivity contribution < 1.29 is 9.18 Å². The van der Waals surface area contributed by atoms with Gasteiger partial charge in [0.05, 0.1) is 16.4 Å². The Hall–Kier alpha value is -1.99. The number of nitrogens with zero attached hydrogens (tertiary/aromatic N) is 4. The maximum atomic E-state index is 13.3. The maximum Gasteiger partial charge on any atom is 0.276 e. The van der Waals surface area contributed by atoms with Gasteiger partial charge >= 0.3 is 0 Å². The molecule has 2 aromatic rings. The number of carbonyl (C=O) groups is 1. The quantitative estimate of drug-likeness (QED) is 0.919. The fraction of sp³-hybridized carbons (Fsp3) is 0.438. The van der Waals surface area contributed by atoms with Crippen LogP contribution in [0.1, 0.15) is 29.0 Å². The lowest BCUT2D eigenvalue weighted by Crippen LogP contribution is -2.40. The number of hydrogen-bond acceptors (Lipinski definition) is 4. The SMILES string of the molecule is Cc1c(C(=O)N2CCC(CN)CC2)nnn1-c1ccc(F)c(Cl)c1. The average Bonchev–Trinajstić information content (AvgIpc) is 2.98. The van der Waals surface area contributed by atoms with E-state index in [4.69, 9.17) is 17.3 Å². The number of nitrogens with two attached hydrogens (primary N) is 1. The maximum absolute atomic E-state index is 13.3. The van der Waals surface area contributed by atoms with Gasteiger partial charge in [-0.25, -0.2) is 9.07 Å². The zero-order valence-electron chi connectivity index (χ0n) is 13.4. The van der Waals surface area contributed by atoms with Crippen LogP contribution < -0.4 is 5.73 Å². The molecule has 0 unspecified atom stereocenters. The Morgan fingerprint density at radius 3 is 2.75 bits per heavy atom. The van der Waals surface area contributed by atoms with Crippen LogP contribution in [-0.4, -0.2) is 45.4 Å². The van der Waals surface area contributed by atoms with E-state index >= 15 is 0 Å². The highest BCUT2D eigenvalue weighted by Gasteiger charge is 2.27. The highest BCUT2D eigenvalue weighted by Crippen LogP contribution is 2.22. The second-order valence-corrected chi connectivity index (χ2v) is 6.41. The molecule has 0 atom stereocenters. The predicted octanol–water partition coefficient (Wildman–Crippen LogP) is 2.18. The molecule has 3 rings (SSSR count). The molecule has 1 aliphatic heterocycles. The van der Waals surface area contributed by atoms with E-state index in [0.29, 0.717) is 42.6 Å². The summed E-state index contributed by atoms with van der Waals surface area (Å²) in [4.78, 5) is 14.5. The van der Waals surface area contributed by atoms with E-state index < -0.39 is 5.82 Å². The molecule has 0 aliphatic carbocycles. The molecule has 0 spiro atoms. The Morgan fingerprint density at radius 2 is 2.12 bits per heavy atom. The fourth-order valence-corrected chi connectivity index (χ4v) is 3.09. The van der Waals surface area contributed by atoms with E-state index in [1.807, 2.05) is 0 Å². The number of hydrogen-bond donors (Lipinski definition) is 1. The summed E-state index contributed by atoms with van der Waals surface area (Å²) in [5, 5.41) is 8.04. The number of likely N-dealkylation sites (tertiary alicyclic amines) is 1. The standard InChI is InChI=1S/C16H19ClFN5O/c1-10-15(16(24)22-6-4-11(9-19)5-7-22)20-21-23(10)12-2-3-14(18)13(17)8-12/h2-3,8,11H,4-7,9,19H2,1H3. The third-order valence-corrected chi connectivity index (χ3v) is 4.77. The molecule has 1 amide bonds. The average molecular weight is 352 g/mol. The van der Waals surface area contributed by atoms with Crippen molar-refractivity contribution in [2.45, 2.75) is 19.8 Å². The van der Waals surface area contributed by atoms with Gasteiger partial charge in [0, 0.05) is 13.1 Å². The van der Waals surface area contributed by atoms with E-state index in [1.165, 1.54) is 16.8 Å². The van der Waals surface area contributed by atoms with Crippen molar-refractivity contribution in [2.75, 3.05) is 19.6 Å². The Kier molecular flexibility index (Phi) is 4.82. The van der Waals surface area contributed by atoms with Crippen LogP contribution in [0.5, 0.6) is 0 Å². The Balaban J connectivity index is 1.82. The minimum Gasteiger partial charge on any atom is -0.337 e. The molecule has 128 valence electrons. The molecule has 0 bridgehead atoms. The Bertz CT molecular complexity index is 755. The summed E-state index contributed by atoms with van der Waals surface area (Å²) >= 11 is 5.81. The first kappa shape index (κ1) is 16.9. The van der Waals surface area contributed by atoms with Crippen molar-refractivity contribution in [1.29, 1.82) is 0 Å². The summed E-state index contributed by atoms with van der Waals surface area (Å²) in [5.41, 5.74) is 7.15. The van der Waals surface area contributed by atoms with Gasteiger partial charge in [0.15, 0.2) is 5.69 Å². The number of halogens is 2. The smallest absolute Gasteiger partial charge is 0.276 e. The molecular formula is C16H19ClFN5O. The molecule has 1 aromatic carbocycles. The van der Waals surface area contributed by atoms with Crippen molar-refractivity contribution in [3.8, 4) is 5.69 Å². The summed E-state index contributed by atoms with van der Waals surface area (Å²) in [6, 6.07) is 4.27. The minimum absolute atomic E-state index is 0.000802. The van der Waals surface area contributed by atoms with Crippen LogP contribution >= 0.6 is 11.6 Å². The number of piperidine rings is 1. The van der Waals surface area contributed by atoms with Crippen molar-refractivity contribution in [3.05, 3.63) is 40.4 Å². The molecule has 0 saturated carbocycles. The fourth-order valence-electron chi connectivity index (χ4n) is 2.91. The molecule has 2 N–H and O–H groups in total. The van der Waals surface area contributed by atoms with E-state index in [9.17, 15) is 9.18 Å². The first-order valence-corrected chi connectivity index (χ1v) is 8.26. The normalized spacial score (nSPS) is 15.8. The van der Waals surface area contributed by atoms with Crippen LogP contribution in [-0.2, 0) is 0 Å². The molecule has 8 heteroatoms. The lowest BCUT2D eigenvalue weighted by molar-refractivity contribution is 0.0686. The molecule has 1 saturated heterocycles. The van der Waals surface area contributed by atoms with Gasteiger partial charge in [-0.05, 0) is 50.4 Å². The second-order valence-electron chi connectivity index (χ2n) is 6.00. The zero-order valence-corrected chi connectivity index (χ0v) is 14.1. The Morgan fingerprint density at radius 1 is 1.42 bits per heavy atom. The lowest BCUT2D eigenvalue weighted by Gasteiger charge is -2.30. The summed E-state index contributed by atoms with van der Waals surface area (Å²) in [7, 11) is 0. The number of amides is 1.